The van der Waals surface area contributed by atoms with E-state index in [0.29, 0.717) is 6.04 Å². The Labute approximate surface area is 115 Å². The van der Waals surface area contributed by atoms with Gasteiger partial charge < -0.3 is 9.52 Å². The molecule has 1 rings (SSSR count). The number of carbonyl (C=O) groups is 1. The molecule has 0 aliphatic rings. The molecule has 1 heterocycles. The maximum absolute atomic E-state index is 10.8. The van der Waals surface area contributed by atoms with Crippen molar-refractivity contribution in [2.75, 3.05) is 6.54 Å². The predicted octanol–water partition coefficient (Wildman–Crippen LogP) is 3.94. The Bertz CT molecular complexity index is 398. The van der Waals surface area contributed by atoms with Crippen molar-refractivity contribution in [2.24, 2.45) is 0 Å². The highest BCUT2D eigenvalue weighted by atomic mass is 16.4. The van der Waals surface area contributed by atoms with Gasteiger partial charge in [-0.25, -0.2) is 4.79 Å². The molecule has 1 aromatic heterocycles. The monoisotopic (exact) mass is 267 g/mol. The van der Waals surface area contributed by atoms with Gasteiger partial charge in [0.05, 0.1) is 6.04 Å². The lowest BCUT2D eigenvalue weighted by molar-refractivity contribution is 0.0653. The molecule has 4 heteroatoms. The summed E-state index contributed by atoms with van der Waals surface area (Å²) in [7, 11) is 0. The minimum absolute atomic E-state index is 0.0131. The number of carboxylic acid groups (broad SMARTS) is 1. The van der Waals surface area contributed by atoms with Crippen LogP contribution in [0.15, 0.2) is 16.5 Å². The Morgan fingerprint density at radius 3 is 2.47 bits per heavy atom. The van der Waals surface area contributed by atoms with Gasteiger partial charge in [0, 0.05) is 6.04 Å². The molecule has 0 fully saturated rings. The Hall–Kier alpha value is -1.29. The Kier molecular flexibility index (Phi) is 6.09. The maximum atomic E-state index is 10.8. The van der Waals surface area contributed by atoms with E-state index >= 15 is 0 Å². The molecule has 0 aliphatic heterocycles. The minimum Gasteiger partial charge on any atom is -0.475 e. The van der Waals surface area contributed by atoms with Gasteiger partial charge >= 0.3 is 5.97 Å². The lowest BCUT2D eigenvalue weighted by Gasteiger charge is -2.31. The zero-order valence-electron chi connectivity index (χ0n) is 12.3. The smallest absolute Gasteiger partial charge is 0.371 e. The average molecular weight is 267 g/mol. The molecule has 19 heavy (non-hydrogen) atoms. The molecule has 0 spiro atoms. The van der Waals surface area contributed by atoms with Crippen LogP contribution in [-0.4, -0.2) is 28.6 Å². The van der Waals surface area contributed by atoms with Crippen molar-refractivity contribution in [1.29, 1.82) is 0 Å². The van der Waals surface area contributed by atoms with Gasteiger partial charge in [-0.1, -0.05) is 19.8 Å². The van der Waals surface area contributed by atoms with Crippen LogP contribution in [0.2, 0.25) is 0 Å². The van der Waals surface area contributed by atoms with E-state index in [9.17, 15) is 4.79 Å². The van der Waals surface area contributed by atoms with Crippen molar-refractivity contribution in [3.63, 3.8) is 0 Å². The van der Waals surface area contributed by atoms with Gasteiger partial charge in [0.1, 0.15) is 5.76 Å². The van der Waals surface area contributed by atoms with E-state index in [1.807, 2.05) is 0 Å². The Balaban J connectivity index is 2.74. The molecule has 0 saturated heterocycles. The summed E-state index contributed by atoms with van der Waals surface area (Å²) in [6.07, 6.45) is 3.57. The van der Waals surface area contributed by atoms with Gasteiger partial charge in [0.15, 0.2) is 0 Å². The topological polar surface area (TPSA) is 53.7 Å². The number of rotatable bonds is 8. The van der Waals surface area contributed by atoms with Gasteiger partial charge in [-0.05, 0) is 45.9 Å². The summed E-state index contributed by atoms with van der Waals surface area (Å²) >= 11 is 0. The van der Waals surface area contributed by atoms with Crippen LogP contribution in [-0.2, 0) is 0 Å². The van der Waals surface area contributed by atoms with Crippen molar-refractivity contribution in [1.82, 2.24) is 4.90 Å². The molecular weight excluding hydrogens is 242 g/mol. The van der Waals surface area contributed by atoms with Crippen molar-refractivity contribution >= 4 is 5.97 Å². The van der Waals surface area contributed by atoms with Crippen LogP contribution in [0.5, 0.6) is 0 Å². The number of carboxylic acids is 1. The summed E-state index contributed by atoms with van der Waals surface area (Å²) in [6.45, 7) is 9.58. The van der Waals surface area contributed by atoms with Crippen LogP contribution in [0, 0.1) is 0 Å². The fourth-order valence-electron chi connectivity index (χ4n) is 2.30. The number of aromatic carboxylic acids is 1. The largest absolute Gasteiger partial charge is 0.475 e. The van der Waals surface area contributed by atoms with E-state index in [1.165, 1.54) is 18.9 Å². The maximum Gasteiger partial charge on any atom is 0.371 e. The second-order valence-electron chi connectivity index (χ2n) is 5.22. The molecule has 0 aliphatic carbocycles. The molecule has 1 unspecified atom stereocenters. The molecule has 0 aromatic carbocycles. The molecule has 1 aromatic rings. The van der Waals surface area contributed by atoms with Crippen molar-refractivity contribution in [3.05, 3.63) is 23.7 Å². The molecule has 1 N–H and O–H groups in total. The van der Waals surface area contributed by atoms with Gasteiger partial charge in [-0.2, -0.15) is 0 Å². The van der Waals surface area contributed by atoms with Crippen LogP contribution in [0.1, 0.15) is 69.3 Å². The third-order valence-electron chi connectivity index (χ3n) is 3.43. The van der Waals surface area contributed by atoms with E-state index in [1.54, 1.807) is 6.07 Å². The molecule has 108 valence electrons. The van der Waals surface area contributed by atoms with Gasteiger partial charge in [0.2, 0.25) is 5.76 Å². The quantitative estimate of drug-likeness (QED) is 0.725. The summed E-state index contributed by atoms with van der Waals surface area (Å²) in [5.41, 5.74) is 0. The lowest BCUT2D eigenvalue weighted by Crippen LogP contribution is -2.34. The first kappa shape index (κ1) is 15.8. The van der Waals surface area contributed by atoms with E-state index < -0.39 is 5.97 Å². The lowest BCUT2D eigenvalue weighted by atomic mass is 10.1. The van der Waals surface area contributed by atoms with Crippen LogP contribution >= 0.6 is 0 Å². The molecular formula is C15H25NO3. The molecule has 0 saturated carbocycles. The number of furan rings is 1. The summed E-state index contributed by atoms with van der Waals surface area (Å²) < 4.78 is 5.40. The zero-order valence-corrected chi connectivity index (χ0v) is 12.3. The van der Waals surface area contributed by atoms with Gasteiger partial charge in [-0.3, -0.25) is 4.90 Å². The normalized spacial score (nSPS) is 13.2. The second-order valence-corrected chi connectivity index (χ2v) is 5.22. The third-order valence-corrected chi connectivity index (χ3v) is 3.43. The van der Waals surface area contributed by atoms with Crippen molar-refractivity contribution in [2.45, 2.75) is 59.0 Å². The third kappa shape index (κ3) is 4.39. The zero-order chi connectivity index (χ0) is 14.4. The number of hydrogen-bond acceptors (Lipinski definition) is 3. The predicted molar refractivity (Wildman–Crippen MR) is 75.4 cm³/mol. The average Bonchev–Trinajstić information content (AvgIpc) is 2.83. The Morgan fingerprint density at radius 1 is 1.32 bits per heavy atom. The van der Waals surface area contributed by atoms with Gasteiger partial charge in [0.25, 0.3) is 0 Å². The fraction of sp³-hybridized carbons (Fsp3) is 0.667. The molecule has 0 bridgehead atoms. The number of nitrogens with zero attached hydrogens (tertiary/aromatic N) is 1. The van der Waals surface area contributed by atoms with Gasteiger partial charge in [-0.15, -0.1) is 0 Å². The van der Waals surface area contributed by atoms with Crippen LogP contribution in [0.25, 0.3) is 0 Å². The second kappa shape index (κ2) is 7.34. The van der Waals surface area contributed by atoms with Crippen molar-refractivity contribution in [3.8, 4) is 0 Å². The summed E-state index contributed by atoms with van der Waals surface area (Å²) in [5.74, 6) is -0.276. The molecule has 0 radical (unpaired) electrons. The number of unbranched alkanes of at least 4 members (excludes halogenated alkanes) is 2. The van der Waals surface area contributed by atoms with Crippen LogP contribution in [0.3, 0.4) is 0 Å². The van der Waals surface area contributed by atoms with E-state index in [0.717, 1.165) is 18.7 Å². The first-order chi connectivity index (χ1) is 8.97. The van der Waals surface area contributed by atoms with E-state index in [2.05, 4.69) is 32.6 Å². The summed E-state index contributed by atoms with van der Waals surface area (Å²) in [5, 5.41) is 8.89. The van der Waals surface area contributed by atoms with E-state index in [4.69, 9.17) is 9.52 Å². The number of hydrogen-bond donors (Lipinski definition) is 1. The minimum atomic E-state index is -1.01. The fourth-order valence-corrected chi connectivity index (χ4v) is 2.30. The first-order valence-corrected chi connectivity index (χ1v) is 7.06. The highest BCUT2D eigenvalue weighted by Gasteiger charge is 2.22. The molecule has 1 atom stereocenters. The van der Waals surface area contributed by atoms with E-state index in [-0.39, 0.29) is 11.8 Å². The highest BCUT2D eigenvalue weighted by molar-refractivity contribution is 5.84. The molecule has 4 nitrogen and oxygen atoms in total. The SMILES string of the molecule is CCCCCN(C(C)C)C(C)c1ccc(C(=O)O)o1. The first-order valence-electron chi connectivity index (χ1n) is 7.06. The van der Waals surface area contributed by atoms with Crippen molar-refractivity contribution < 1.29 is 14.3 Å². The highest BCUT2D eigenvalue weighted by Crippen LogP contribution is 2.25. The standard InChI is InChI=1S/C15H25NO3/c1-5-6-7-10-16(11(2)3)12(4)13-8-9-14(19-13)15(17)18/h8-9,11-12H,5-7,10H2,1-4H3,(H,17,18). The summed E-state index contributed by atoms with van der Waals surface area (Å²) in [6, 6.07) is 3.80. The van der Waals surface area contributed by atoms with Crippen LogP contribution in [0.4, 0.5) is 0 Å². The molecule has 0 amide bonds. The van der Waals surface area contributed by atoms with Crippen LogP contribution < -0.4 is 0 Å². The Morgan fingerprint density at radius 2 is 2.00 bits per heavy atom. The summed E-state index contributed by atoms with van der Waals surface area (Å²) in [4.78, 5) is 13.2.